The lowest BCUT2D eigenvalue weighted by atomic mass is 9.61. The first-order chi connectivity index (χ1) is 7.64. The van der Waals surface area contributed by atoms with Crippen molar-refractivity contribution >= 4 is 0 Å². The number of rotatable bonds is 1. The fourth-order valence-electron chi connectivity index (χ4n) is 3.40. The van der Waals surface area contributed by atoms with Gasteiger partial charge < -0.3 is 5.11 Å². The summed E-state index contributed by atoms with van der Waals surface area (Å²) < 4.78 is 0. The van der Waals surface area contributed by atoms with Crippen LogP contribution in [-0.2, 0) is 5.41 Å². The van der Waals surface area contributed by atoms with Gasteiger partial charge in [-0.25, -0.2) is 0 Å². The number of benzene rings is 1. The highest BCUT2D eigenvalue weighted by Gasteiger charge is 2.52. The Kier molecular flexibility index (Phi) is 2.02. The van der Waals surface area contributed by atoms with E-state index in [1.807, 2.05) is 13.0 Å². The first kappa shape index (κ1) is 10.1. The van der Waals surface area contributed by atoms with Crippen molar-refractivity contribution in [2.75, 3.05) is 0 Å². The van der Waals surface area contributed by atoms with Crippen molar-refractivity contribution in [1.82, 2.24) is 0 Å². The molecule has 0 aliphatic heterocycles. The zero-order valence-corrected chi connectivity index (χ0v) is 9.69. The van der Waals surface area contributed by atoms with E-state index >= 15 is 0 Å². The third kappa shape index (κ3) is 1.21. The molecule has 2 aliphatic carbocycles. The van der Waals surface area contributed by atoms with Gasteiger partial charge in [0.2, 0.25) is 0 Å². The monoisotopic (exact) mass is 214 g/mol. The fraction of sp³-hybridized carbons (Fsp3) is 0.467. The molecule has 1 saturated carbocycles. The average Bonchev–Trinajstić information content (AvgIpc) is 2.69. The molecule has 0 radical (unpaired) electrons. The van der Waals surface area contributed by atoms with E-state index in [0.717, 1.165) is 19.3 Å². The zero-order chi connectivity index (χ0) is 11.2. The van der Waals surface area contributed by atoms with Crippen LogP contribution in [0.15, 0.2) is 42.5 Å². The van der Waals surface area contributed by atoms with Gasteiger partial charge in [-0.05, 0) is 37.7 Å². The summed E-state index contributed by atoms with van der Waals surface area (Å²) in [6.45, 7) is 1.99. The summed E-state index contributed by atoms with van der Waals surface area (Å²) >= 11 is 0. The molecule has 1 fully saturated rings. The molecule has 2 aliphatic rings. The second-order valence-electron chi connectivity index (χ2n) is 5.47. The molecule has 0 aromatic heterocycles. The van der Waals surface area contributed by atoms with Crippen LogP contribution in [0.1, 0.15) is 31.7 Å². The Bertz CT molecular complexity index is 418. The number of hydrogen-bond donors (Lipinski definition) is 1. The van der Waals surface area contributed by atoms with E-state index in [1.165, 1.54) is 5.56 Å². The Morgan fingerprint density at radius 1 is 1.25 bits per heavy atom. The average molecular weight is 214 g/mol. The van der Waals surface area contributed by atoms with E-state index in [9.17, 15) is 5.11 Å². The molecule has 16 heavy (non-hydrogen) atoms. The second-order valence-corrected chi connectivity index (χ2v) is 5.47. The Labute approximate surface area is 96.8 Å². The number of allylic oxidation sites excluding steroid dienone is 1. The van der Waals surface area contributed by atoms with Crippen LogP contribution < -0.4 is 0 Å². The molecular formula is C15H18O. The molecular weight excluding hydrogens is 196 g/mol. The topological polar surface area (TPSA) is 20.2 Å². The Morgan fingerprint density at radius 2 is 2.00 bits per heavy atom. The second kappa shape index (κ2) is 3.21. The van der Waals surface area contributed by atoms with E-state index in [0.29, 0.717) is 5.92 Å². The predicted octanol–water partition coefficient (Wildman–Crippen LogP) is 3.05. The smallest absolute Gasteiger partial charge is 0.0750 e. The normalized spacial score (nSPS) is 41.2. The molecule has 1 aromatic rings. The Balaban J connectivity index is 2.12. The molecule has 3 atom stereocenters. The zero-order valence-electron chi connectivity index (χ0n) is 9.69. The first-order valence-electron chi connectivity index (χ1n) is 6.11. The quantitative estimate of drug-likeness (QED) is 0.712. The van der Waals surface area contributed by atoms with Crippen molar-refractivity contribution in [2.24, 2.45) is 5.92 Å². The van der Waals surface area contributed by atoms with Crippen LogP contribution in [0.2, 0.25) is 0 Å². The van der Waals surface area contributed by atoms with Crippen molar-refractivity contribution in [3.05, 3.63) is 48.0 Å². The minimum absolute atomic E-state index is 0.142. The van der Waals surface area contributed by atoms with E-state index in [4.69, 9.17) is 0 Å². The minimum atomic E-state index is -0.599. The van der Waals surface area contributed by atoms with E-state index in [-0.39, 0.29) is 5.41 Å². The van der Waals surface area contributed by atoms with Gasteiger partial charge in [0.05, 0.1) is 5.60 Å². The molecule has 0 amide bonds. The molecule has 84 valence electrons. The summed E-state index contributed by atoms with van der Waals surface area (Å²) in [6, 6.07) is 10.5. The number of fused-ring (bicyclic) bond motifs is 2. The van der Waals surface area contributed by atoms with Gasteiger partial charge >= 0.3 is 0 Å². The van der Waals surface area contributed by atoms with Gasteiger partial charge in [0.15, 0.2) is 0 Å². The lowest BCUT2D eigenvalue weighted by molar-refractivity contribution is -0.0355. The van der Waals surface area contributed by atoms with Gasteiger partial charge in [-0.3, -0.25) is 0 Å². The predicted molar refractivity (Wildman–Crippen MR) is 65.2 cm³/mol. The number of hydrogen-bond acceptors (Lipinski definition) is 1. The summed E-state index contributed by atoms with van der Waals surface area (Å²) in [5.74, 6) is 0.667. The third-order valence-electron chi connectivity index (χ3n) is 4.49. The van der Waals surface area contributed by atoms with Crippen LogP contribution in [0.25, 0.3) is 0 Å². The van der Waals surface area contributed by atoms with Crippen molar-refractivity contribution in [1.29, 1.82) is 0 Å². The van der Waals surface area contributed by atoms with Crippen LogP contribution in [0, 0.1) is 5.92 Å². The highest BCUT2D eigenvalue weighted by Crippen LogP contribution is 2.53. The summed E-state index contributed by atoms with van der Waals surface area (Å²) in [5, 5.41) is 10.7. The molecule has 1 N–H and O–H groups in total. The minimum Gasteiger partial charge on any atom is -0.389 e. The van der Waals surface area contributed by atoms with Gasteiger partial charge in [-0.15, -0.1) is 0 Å². The van der Waals surface area contributed by atoms with E-state index in [1.54, 1.807) is 0 Å². The SMILES string of the molecule is C[C@]1(O)CC[C@@H]2C=C[C@@]1(c1ccccc1)C2. The van der Waals surface area contributed by atoms with E-state index < -0.39 is 5.60 Å². The van der Waals surface area contributed by atoms with Crippen LogP contribution >= 0.6 is 0 Å². The first-order valence-corrected chi connectivity index (χ1v) is 6.11. The van der Waals surface area contributed by atoms with Gasteiger partial charge in [-0.1, -0.05) is 42.5 Å². The molecule has 0 spiro atoms. The summed E-state index contributed by atoms with van der Waals surface area (Å²) in [7, 11) is 0. The van der Waals surface area contributed by atoms with Crippen molar-refractivity contribution in [3.8, 4) is 0 Å². The summed E-state index contributed by atoms with van der Waals surface area (Å²) in [4.78, 5) is 0. The molecule has 0 unspecified atom stereocenters. The van der Waals surface area contributed by atoms with Crippen LogP contribution in [0.4, 0.5) is 0 Å². The molecule has 1 nitrogen and oxygen atoms in total. The molecule has 1 aromatic carbocycles. The summed E-state index contributed by atoms with van der Waals surface area (Å²) in [6.07, 6.45) is 7.65. The van der Waals surface area contributed by atoms with Gasteiger partial charge in [0, 0.05) is 5.41 Å². The lowest BCUT2D eigenvalue weighted by Gasteiger charge is -2.46. The van der Waals surface area contributed by atoms with E-state index in [2.05, 4.69) is 36.4 Å². The maximum atomic E-state index is 10.7. The Hall–Kier alpha value is -1.08. The van der Waals surface area contributed by atoms with Crippen molar-refractivity contribution < 1.29 is 5.11 Å². The van der Waals surface area contributed by atoms with Gasteiger partial charge in [0.1, 0.15) is 0 Å². The van der Waals surface area contributed by atoms with Gasteiger partial charge in [0.25, 0.3) is 0 Å². The number of aliphatic hydroxyl groups is 1. The van der Waals surface area contributed by atoms with Gasteiger partial charge in [-0.2, -0.15) is 0 Å². The summed E-state index contributed by atoms with van der Waals surface area (Å²) in [5.41, 5.74) is 0.521. The fourth-order valence-corrected chi connectivity index (χ4v) is 3.40. The molecule has 0 heterocycles. The van der Waals surface area contributed by atoms with Crippen LogP contribution in [0.5, 0.6) is 0 Å². The molecule has 2 bridgehead atoms. The van der Waals surface area contributed by atoms with Crippen LogP contribution in [-0.4, -0.2) is 10.7 Å². The molecule has 0 saturated heterocycles. The lowest BCUT2D eigenvalue weighted by Crippen LogP contribution is -2.50. The largest absolute Gasteiger partial charge is 0.389 e. The maximum absolute atomic E-state index is 10.7. The standard InChI is InChI=1S/C15H18O/c1-14(16)9-7-12-8-10-15(14,11-12)13-5-3-2-4-6-13/h2-6,8,10,12,16H,7,9,11H2,1H3/t12-,14+,15+/m1/s1. The molecule has 1 heteroatoms. The van der Waals surface area contributed by atoms with Crippen LogP contribution in [0.3, 0.4) is 0 Å². The highest BCUT2D eigenvalue weighted by molar-refractivity contribution is 5.40. The third-order valence-corrected chi connectivity index (χ3v) is 4.49. The van der Waals surface area contributed by atoms with Crippen molar-refractivity contribution in [2.45, 2.75) is 37.2 Å². The molecule has 3 rings (SSSR count). The van der Waals surface area contributed by atoms with Crippen molar-refractivity contribution in [3.63, 3.8) is 0 Å². The highest BCUT2D eigenvalue weighted by atomic mass is 16.3. The maximum Gasteiger partial charge on any atom is 0.0750 e. The Morgan fingerprint density at radius 3 is 2.75 bits per heavy atom.